The highest BCUT2D eigenvalue weighted by Crippen LogP contribution is 2.19. The fraction of sp³-hybridized carbons (Fsp3) is 0.500. The molecule has 164 valence electrons. The second-order valence-corrected chi connectivity index (χ2v) is 7.92. The Hall–Kier alpha value is -1.67. The summed E-state index contributed by atoms with van der Waals surface area (Å²) in [5.74, 6) is 1.60. The van der Waals surface area contributed by atoms with Crippen molar-refractivity contribution in [1.29, 1.82) is 0 Å². The van der Waals surface area contributed by atoms with Gasteiger partial charge in [-0.05, 0) is 63.4 Å². The Morgan fingerprint density at radius 1 is 1.10 bits per heavy atom. The van der Waals surface area contributed by atoms with Crippen molar-refractivity contribution in [2.75, 3.05) is 32.7 Å². The maximum atomic E-state index is 4.84. The topological polar surface area (TPSA) is 52.6 Å². The number of aryl methyl sites for hydroxylation is 1. The minimum atomic E-state index is 0. The molecule has 5 nitrogen and oxygen atoms in total. The number of hydrogen-bond donors (Lipinski definition) is 2. The average molecular weight is 521 g/mol. The highest BCUT2D eigenvalue weighted by molar-refractivity contribution is 14.0. The molecule has 2 heterocycles. The van der Waals surface area contributed by atoms with Gasteiger partial charge in [-0.2, -0.15) is 0 Å². The van der Waals surface area contributed by atoms with Gasteiger partial charge in [-0.3, -0.25) is 14.9 Å². The summed E-state index contributed by atoms with van der Waals surface area (Å²) in [7, 11) is 0. The predicted molar refractivity (Wildman–Crippen MR) is 137 cm³/mol. The summed E-state index contributed by atoms with van der Waals surface area (Å²) in [6, 6.07) is 15.0. The molecule has 1 saturated heterocycles. The van der Waals surface area contributed by atoms with Gasteiger partial charge in [0.05, 0.1) is 0 Å². The Morgan fingerprint density at radius 3 is 2.53 bits per heavy atom. The molecule has 0 unspecified atom stereocenters. The van der Waals surface area contributed by atoms with Crippen LogP contribution in [-0.4, -0.2) is 48.6 Å². The molecule has 1 aromatic carbocycles. The van der Waals surface area contributed by atoms with Crippen LogP contribution in [0.1, 0.15) is 36.6 Å². The zero-order chi connectivity index (χ0) is 20.3. The molecule has 1 fully saturated rings. The van der Waals surface area contributed by atoms with E-state index in [-0.39, 0.29) is 24.0 Å². The number of likely N-dealkylation sites (tertiary alicyclic amines) is 1. The van der Waals surface area contributed by atoms with E-state index in [9.17, 15) is 0 Å². The minimum Gasteiger partial charge on any atom is -0.357 e. The third-order valence-corrected chi connectivity index (χ3v) is 5.49. The van der Waals surface area contributed by atoms with E-state index in [0.717, 1.165) is 57.3 Å². The van der Waals surface area contributed by atoms with E-state index >= 15 is 0 Å². The lowest BCUT2D eigenvalue weighted by atomic mass is 9.96. The van der Waals surface area contributed by atoms with Crippen LogP contribution in [-0.2, 0) is 13.0 Å². The van der Waals surface area contributed by atoms with Crippen LogP contribution >= 0.6 is 24.0 Å². The third kappa shape index (κ3) is 8.60. The molecule has 0 radical (unpaired) electrons. The van der Waals surface area contributed by atoms with Gasteiger partial charge in [-0.25, -0.2) is 0 Å². The molecule has 0 amide bonds. The molecule has 3 rings (SSSR count). The Morgan fingerprint density at radius 2 is 1.87 bits per heavy atom. The summed E-state index contributed by atoms with van der Waals surface area (Å²) in [5.41, 5.74) is 3.85. The molecule has 2 aromatic rings. The first-order chi connectivity index (χ1) is 14.2. The smallest absolute Gasteiger partial charge is 0.191 e. The van der Waals surface area contributed by atoms with Crippen LogP contribution in [0, 0.1) is 12.8 Å². The molecule has 1 aliphatic heterocycles. The van der Waals surface area contributed by atoms with Crippen LogP contribution in [0.2, 0.25) is 0 Å². The number of piperidine rings is 1. The number of rotatable bonds is 8. The zero-order valence-corrected chi connectivity index (χ0v) is 20.6. The number of benzene rings is 1. The first-order valence-corrected chi connectivity index (χ1v) is 10.9. The van der Waals surface area contributed by atoms with Crippen molar-refractivity contribution in [2.45, 2.75) is 39.7 Å². The predicted octanol–water partition coefficient (Wildman–Crippen LogP) is 4.02. The number of nitrogens with zero attached hydrogens (tertiary/aromatic N) is 3. The van der Waals surface area contributed by atoms with E-state index in [1.807, 2.05) is 18.3 Å². The van der Waals surface area contributed by atoms with Crippen molar-refractivity contribution in [1.82, 2.24) is 20.5 Å². The van der Waals surface area contributed by atoms with Gasteiger partial charge in [-0.1, -0.05) is 35.9 Å². The minimum absolute atomic E-state index is 0. The van der Waals surface area contributed by atoms with Gasteiger partial charge in [0.1, 0.15) is 0 Å². The number of guanidine groups is 1. The quantitative estimate of drug-likeness (QED) is 0.313. The number of nitrogens with one attached hydrogen (secondary N) is 2. The van der Waals surface area contributed by atoms with Crippen molar-refractivity contribution in [3.63, 3.8) is 0 Å². The summed E-state index contributed by atoms with van der Waals surface area (Å²) in [6.45, 7) is 10.3. The molecule has 0 bridgehead atoms. The molecule has 1 aromatic heterocycles. The summed E-state index contributed by atoms with van der Waals surface area (Å²) in [6.07, 6.45) is 5.20. The number of hydrogen-bond acceptors (Lipinski definition) is 3. The second-order valence-electron chi connectivity index (χ2n) is 7.92. The van der Waals surface area contributed by atoms with Gasteiger partial charge in [0, 0.05) is 44.5 Å². The molecule has 1 aliphatic rings. The Bertz CT molecular complexity index is 740. The lowest BCUT2D eigenvalue weighted by Crippen LogP contribution is -2.39. The Balaban J connectivity index is 0.00000320. The standard InChI is InChI=1S/C24H35N5.HI/c1-3-25-24(27-15-11-23-6-4-5-14-26-23)28-18-21-12-16-29(17-13-21)19-22-9-7-20(2)8-10-22;/h4-10,14,21H,3,11-13,15-19H2,1-2H3,(H2,25,27,28);1H. The maximum Gasteiger partial charge on any atom is 0.191 e. The fourth-order valence-electron chi connectivity index (χ4n) is 3.70. The number of aromatic nitrogens is 1. The molecule has 0 atom stereocenters. The van der Waals surface area contributed by atoms with Crippen LogP contribution in [0.15, 0.2) is 53.7 Å². The average Bonchev–Trinajstić information content (AvgIpc) is 2.75. The van der Waals surface area contributed by atoms with Gasteiger partial charge in [0.25, 0.3) is 0 Å². The Kier molecular flexibility index (Phi) is 11.1. The van der Waals surface area contributed by atoms with E-state index in [1.165, 1.54) is 24.0 Å². The van der Waals surface area contributed by atoms with E-state index in [4.69, 9.17) is 4.99 Å². The SMILES string of the molecule is CCNC(=NCC1CCN(Cc2ccc(C)cc2)CC1)NCCc1ccccn1.I. The molecule has 0 aliphatic carbocycles. The van der Waals surface area contributed by atoms with E-state index in [0.29, 0.717) is 5.92 Å². The molecule has 0 spiro atoms. The van der Waals surface area contributed by atoms with Gasteiger partial charge >= 0.3 is 0 Å². The summed E-state index contributed by atoms with van der Waals surface area (Å²) in [4.78, 5) is 11.8. The molecule has 30 heavy (non-hydrogen) atoms. The van der Waals surface area contributed by atoms with Crippen molar-refractivity contribution in [3.05, 3.63) is 65.5 Å². The number of halogens is 1. The first-order valence-electron chi connectivity index (χ1n) is 10.9. The number of aliphatic imine (C=N–C) groups is 1. The molecule has 6 heteroatoms. The molecule has 0 saturated carbocycles. The summed E-state index contributed by atoms with van der Waals surface area (Å²) < 4.78 is 0. The van der Waals surface area contributed by atoms with E-state index < -0.39 is 0 Å². The zero-order valence-electron chi connectivity index (χ0n) is 18.3. The van der Waals surface area contributed by atoms with Crippen molar-refractivity contribution in [2.24, 2.45) is 10.9 Å². The first kappa shape index (κ1) is 24.6. The highest BCUT2D eigenvalue weighted by Gasteiger charge is 2.19. The number of pyridine rings is 1. The highest BCUT2D eigenvalue weighted by atomic mass is 127. The molecular formula is C24H36IN5. The Labute approximate surface area is 198 Å². The summed E-state index contributed by atoms with van der Waals surface area (Å²) >= 11 is 0. The second kappa shape index (κ2) is 13.6. The van der Waals surface area contributed by atoms with Crippen LogP contribution in [0.25, 0.3) is 0 Å². The van der Waals surface area contributed by atoms with Crippen molar-refractivity contribution < 1.29 is 0 Å². The van der Waals surface area contributed by atoms with E-state index in [1.54, 1.807) is 0 Å². The normalized spacial score (nSPS) is 15.5. The maximum absolute atomic E-state index is 4.84. The third-order valence-electron chi connectivity index (χ3n) is 5.49. The monoisotopic (exact) mass is 521 g/mol. The van der Waals surface area contributed by atoms with Crippen LogP contribution in [0.4, 0.5) is 0 Å². The lowest BCUT2D eigenvalue weighted by molar-refractivity contribution is 0.180. The van der Waals surface area contributed by atoms with E-state index in [2.05, 4.69) is 64.7 Å². The van der Waals surface area contributed by atoms with Crippen molar-refractivity contribution >= 4 is 29.9 Å². The van der Waals surface area contributed by atoms with Gasteiger partial charge in [-0.15, -0.1) is 24.0 Å². The van der Waals surface area contributed by atoms with Gasteiger partial charge in [0.2, 0.25) is 0 Å². The van der Waals surface area contributed by atoms with Gasteiger partial charge in [0.15, 0.2) is 5.96 Å². The summed E-state index contributed by atoms with van der Waals surface area (Å²) in [5, 5.41) is 6.81. The van der Waals surface area contributed by atoms with Gasteiger partial charge < -0.3 is 10.6 Å². The van der Waals surface area contributed by atoms with Crippen LogP contribution in [0.5, 0.6) is 0 Å². The van der Waals surface area contributed by atoms with Crippen LogP contribution in [0.3, 0.4) is 0 Å². The lowest BCUT2D eigenvalue weighted by Gasteiger charge is -2.31. The molecule has 2 N–H and O–H groups in total. The molecular weight excluding hydrogens is 485 g/mol. The van der Waals surface area contributed by atoms with Crippen molar-refractivity contribution in [3.8, 4) is 0 Å². The van der Waals surface area contributed by atoms with Crippen LogP contribution < -0.4 is 10.6 Å². The fourth-order valence-corrected chi connectivity index (χ4v) is 3.70. The largest absolute Gasteiger partial charge is 0.357 e.